The third-order valence-electron chi connectivity index (χ3n) is 3.19. The third kappa shape index (κ3) is 5.46. The highest BCUT2D eigenvalue weighted by Gasteiger charge is 2.65. The minimum atomic E-state index is -9.70. The van der Waals surface area contributed by atoms with Gasteiger partial charge < -0.3 is 4.57 Å². The fourth-order valence-corrected chi connectivity index (χ4v) is 3.43. The van der Waals surface area contributed by atoms with Gasteiger partial charge in [-0.25, -0.2) is 0 Å². The zero-order chi connectivity index (χ0) is 19.7. The molecule has 0 bridgehead atoms. The van der Waals surface area contributed by atoms with E-state index in [0.717, 1.165) is 12.1 Å². The Hall–Kier alpha value is -1.06. The van der Waals surface area contributed by atoms with E-state index in [1.165, 1.54) is 16.8 Å². The van der Waals surface area contributed by atoms with Crippen LogP contribution in [0.5, 0.6) is 0 Å². The van der Waals surface area contributed by atoms with Crippen LogP contribution in [0.2, 0.25) is 5.02 Å². The normalized spacial score (nSPS) is 15.4. The van der Waals surface area contributed by atoms with Crippen LogP contribution in [-0.4, -0.2) is 4.57 Å². The Balaban J connectivity index is 0.00000151. The van der Waals surface area contributed by atoms with Crippen molar-refractivity contribution in [3.05, 3.63) is 61.9 Å². The Morgan fingerprint density at radius 2 is 1.56 bits per heavy atom. The zero-order valence-corrected chi connectivity index (χ0v) is 16.6. The van der Waals surface area contributed by atoms with Crippen LogP contribution in [0.3, 0.4) is 0 Å². The van der Waals surface area contributed by atoms with Gasteiger partial charge in [-0.15, -0.1) is 0 Å². The van der Waals surface area contributed by atoms with Crippen molar-refractivity contribution in [3.63, 3.8) is 0 Å². The summed E-state index contributed by atoms with van der Waals surface area (Å²) in [7, 11) is -9.70. The van der Waals surface area contributed by atoms with E-state index < -0.39 is 26.7 Å². The van der Waals surface area contributed by atoms with Gasteiger partial charge in [-0.2, -0.15) is 0 Å². The van der Waals surface area contributed by atoms with Crippen LogP contribution in [0.25, 0.3) is 0 Å². The first-order chi connectivity index (χ1) is 11.2. The second kappa shape index (κ2) is 6.59. The van der Waals surface area contributed by atoms with Gasteiger partial charge in [0.1, 0.15) is 4.90 Å². The number of hydrogen-bond acceptors (Lipinski definition) is 1. The molecule has 0 aliphatic heterocycles. The lowest BCUT2D eigenvalue weighted by Gasteiger charge is -2.40. The molecule has 1 atom stereocenters. The second-order valence-electron chi connectivity index (χ2n) is 4.93. The molecule has 0 amide bonds. The fraction of sp³-hybridized carbons (Fsp3) is 0.267. The maximum atomic E-state index is 12.7. The number of rotatable bonds is 3. The molecule has 0 aliphatic rings. The Morgan fingerprint density at radius 3 is 2.00 bits per heavy atom. The lowest BCUT2D eigenvalue weighted by Crippen LogP contribution is -2.24. The average Bonchev–Trinajstić information content (AvgIpc) is 2.50. The van der Waals surface area contributed by atoms with Crippen molar-refractivity contribution in [2.24, 2.45) is 0 Å². The first kappa shape index (κ1) is 22.0. The van der Waals surface area contributed by atoms with Crippen molar-refractivity contribution >= 4 is 37.8 Å². The highest BCUT2D eigenvalue weighted by atomic mass is 79.9. The summed E-state index contributed by atoms with van der Waals surface area (Å²) >= 11 is 8.87. The van der Waals surface area contributed by atoms with E-state index in [9.17, 15) is 24.2 Å². The standard InChI is InChI=1S/C13H10BrClF5NOS.C2H6/c1-8(21-7-10(15)6-12(14)13(21)22)9-2-4-11(5-3-9)23(16,17,18,19)20;1-2/h2-8H,1H3;1-2H3. The van der Waals surface area contributed by atoms with E-state index in [2.05, 4.69) is 15.9 Å². The minimum Gasteiger partial charge on any atom is -0.306 e. The Kier molecular flexibility index (Phi) is 5.79. The van der Waals surface area contributed by atoms with Crippen molar-refractivity contribution in [1.29, 1.82) is 0 Å². The van der Waals surface area contributed by atoms with Crippen molar-refractivity contribution in [1.82, 2.24) is 4.57 Å². The molecule has 0 saturated heterocycles. The van der Waals surface area contributed by atoms with Crippen LogP contribution >= 0.6 is 37.8 Å². The second-order valence-corrected chi connectivity index (χ2v) is 8.63. The molecule has 0 N–H and O–H groups in total. The maximum absolute atomic E-state index is 12.7. The number of benzene rings is 1. The molecule has 1 unspecified atom stereocenters. The van der Waals surface area contributed by atoms with Crippen molar-refractivity contribution < 1.29 is 19.4 Å². The minimum absolute atomic E-state index is 0.181. The molecular weight excluding hydrogens is 453 g/mol. The Morgan fingerprint density at radius 1 is 1.08 bits per heavy atom. The van der Waals surface area contributed by atoms with Gasteiger partial charge in [-0.1, -0.05) is 57.0 Å². The molecule has 10 heteroatoms. The molecular formula is C15H16BrClF5NOS. The van der Waals surface area contributed by atoms with Crippen LogP contribution < -0.4 is 5.56 Å². The van der Waals surface area contributed by atoms with Crippen LogP contribution in [0.1, 0.15) is 32.4 Å². The summed E-state index contributed by atoms with van der Waals surface area (Å²) in [5.74, 6) is 0. The fourth-order valence-electron chi connectivity index (χ4n) is 1.99. The molecule has 142 valence electrons. The highest BCUT2D eigenvalue weighted by Crippen LogP contribution is 3.02. The van der Waals surface area contributed by atoms with Gasteiger partial charge in [0.25, 0.3) is 5.56 Å². The summed E-state index contributed by atoms with van der Waals surface area (Å²) in [6.07, 6.45) is 1.32. The van der Waals surface area contributed by atoms with E-state index >= 15 is 0 Å². The summed E-state index contributed by atoms with van der Waals surface area (Å²) in [6, 6.07) is 3.16. The van der Waals surface area contributed by atoms with Gasteiger partial charge in [0, 0.05) is 6.20 Å². The van der Waals surface area contributed by atoms with Crippen LogP contribution in [0, 0.1) is 0 Å². The van der Waals surface area contributed by atoms with Gasteiger partial charge in [0.15, 0.2) is 0 Å². The number of hydrogen-bond donors (Lipinski definition) is 0. The van der Waals surface area contributed by atoms with E-state index in [-0.39, 0.29) is 15.1 Å². The lowest BCUT2D eigenvalue weighted by atomic mass is 10.1. The summed E-state index contributed by atoms with van der Waals surface area (Å²) in [5.41, 5.74) is -0.189. The molecule has 2 rings (SSSR count). The largest absolute Gasteiger partial charge is 0.310 e. The molecule has 0 aliphatic carbocycles. The van der Waals surface area contributed by atoms with Gasteiger partial charge >= 0.3 is 10.2 Å². The zero-order valence-electron chi connectivity index (χ0n) is 13.5. The van der Waals surface area contributed by atoms with Crippen LogP contribution in [-0.2, 0) is 0 Å². The summed E-state index contributed by atoms with van der Waals surface area (Å²) < 4.78 is 64.8. The van der Waals surface area contributed by atoms with E-state index in [4.69, 9.17) is 11.6 Å². The summed E-state index contributed by atoms with van der Waals surface area (Å²) in [4.78, 5) is 10.1. The molecule has 2 aromatic rings. The quantitative estimate of drug-likeness (QED) is 0.426. The molecule has 0 spiro atoms. The molecule has 1 aromatic heterocycles. The summed E-state index contributed by atoms with van der Waals surface area (Å²) in [6.45, 7) is 5.54. The van der Waals surface area contributed by atoms with Gasteiger partial charge in [0.2, 0.25) is 0 Å². The Labute approximate surface area is 155 Å². The predicted octanol–water partition coefficient (Wildman–Crippen LogP) is 7.56. The third-order valence-corrected chi connectivity index (χ3v) is 5.13. The first-order valence-corrected chi connectivity index (χ1v) is 10.2. The SMILES string of the molecule is CC.CC(c1ccc(S(F)(F)(F)(F)F)cc1)n1cc(Cl)cc(Br)c1=O. The molecule has 0 saturated carbocycles. The van der Waals surface area contributed by atoms with Crippen LogP contribution in [0.4, 0.5) is 19.4 Å². The number of pyridine rings is 1. The van der Waals surface area contributed by atoms with Crippen molar-refractivity contribution in [2.75, 3.05) is 0 Å². The molecule has 25 heavy (non-hydrogen) atoms. The smallest absolute Gasteiger partial charge is 0.306 e. The average molecular weight is 469 g/mol. The van der Waals surface area contributed by atoms with E-state index in [1.54, 1.807) is 6.92 Å². The molecule has 2 nitrogen and oxygen atoms in total. The van der Waals surface area contributed by atoms with E-state index in [0.29, 0.717) is 12.1 Å². The topological polar surface area (TPSA) is 22.0 Å². The predicted molar refractivity (Wildman–Crippen MR) is 96.4 cm³/mol. The maximum Gasteiger partial charge on any atom is 0.310 e. The first-order valence-electron chi connectivity index (χ1n) is 7.10. The van der Waals surface area contributed by atoms with Gasteiger partial charge in [0.05, 0.1) is 15.5 Å². The highest BCUT2D eigenvalue weighted by molar-refractivity contribution is 9.10. The molecule has 1 heterocycles. The number of nitrogens with zero attached hydrogens (tertiary/aromatic N) is 1. The molecule has 0 fully saturated rings. The van der Waals surface area contributed by atoms with Gasteiger partial charge in [-0.05, 0) is 46.6 Å². The Bertz CT molecular complexity index is 821. The number of aromatic nitrogens is 1. The number of halogens is 7. The van der Waals surface area contributed by atoms with Crippen molar-refractivity contribution in [2.45, 2.75) is 31.7 Å². The van der Waals surface area contributed by atoms with Crippen LogP contribution in [0.15, 0.2) is 50.7 Å². The van der Waals surface area contributed by atoms with Gasteiger partial charge in [-0.3, -0.25) is 4.79 Å². The van der Waals surface area contributed by atoms with E-state index in [1.807, 2.05) is 13.8 Å². The van der Waals surface area contributed by atoms with Crippen molar-refractivity contribution in [3.8, 4) is 0 Å². The summed E-state index contributed by atoms with van der Waals surface area (Å²) in [5, 5.41) is 0.243. The lowest BCUT2D eigenvalue weighted by molar-refractivity contribution is 0.364. The molecule has 1 aromatic carbocycles. The molecule has 0 radical (unpaired) electrons. The monoisotopic (exact) mass is 467 g/mol.